The zero-order valence-electron chi connectivity index (χ0n) is 8.67. The number of hydrogen-bond donors (Lipinski definition) is 4. The van der Waals surface area contributed by atoms with Crippen molar-refractivity contribution >= 4 is 27.2 Å². The Kier molecular flexibility index (Phi) is 2.63. The van der Waals surface area contributed by atoms with E-state index in [1.807, 2.05) is 0 Å². The molecule has 0 amide bonds. The van der Waals surface area contributed by atoms with Gasteiger partial charge in [0.25, 0.3) is 21.2 Å². The smallest absolute Gasteiger partial charge is 0.278 e. The quantitative estimate of drug-likeness (QED) is 0.453. The maximum Gasteiger partial charge on any atom is 0.278 e. The lowest BCUT2D eigenvalue weighted by Crippen LogP contribution is -2.23. The summed E-state index contributed by atoms with van der Waals surface area (Å²) in [6.45, 7) is 0. The highest BCUT2D eigenvalue weighted by molar-refractivity contribution is 7.84. The Balaban J connectivity index is 2.76. The van der Waals surface area contributed by atoms with E-state index in [-0.39, 0.29) is 17.1 Å². The molecular formula is C7H7N5O5S. The first-order valence-electron chi connectivity index (χ1n) is 4.50. The van der Waals surface area contributed by atoms with E-state index >= 15 is 0 Å². The Morgan fingerprint density at radius 2 is 1.83 bits per heavy atom. The number of aromatic amines is 2. The van der Waals surface area contributed by atoms with Gasteiger partial charge in [-0.3, -0.25) is 19.1 Å². The van der Waals surface area contributed by atoms with Crippen molar-refractivity contribution in [3.8, 4) is 0 Å². The average Bonchev–Trinajstić information content (AvgIpc) is 2.18. The van der Waals surface area contributed by atoms with Crippen LogP contribution >= 0.6 is 0 Å². The third-order valence-corrected chi connectivity index (χ3v) is 2.62. The van der Waals surface area contributed by atoms with Crippen LogP contribution in [0.2, 0.25) is 0 Å². The molecule has 96 valence electrons. The van der Waals surface area contributed by atoms with Crippen LogP contribution in [0.1, 0.15) is 5.69 Å². The molecule has 0 saturated carbocycles. The van der Waals surface area contributed by atoms with Crippen LogP contribution < -0.4 is 16.9 Å². The van der Waals surface area contributed by atoms with Gasteiger partial charge in [0.05, 0.1) is 0 Å². The van der Waals surface area contributed by atoms with Crippen molar-refractivity contribution in [1.29, 1.82) is 0 Å². The monoisotopic (exact) mass is 273 g/mol. The van der Waals surface area contributed by atoms with E-state index in [4.69, 9.17) is 10.3 Å². The first-order chi connectivity index (χ1) is 8.26. The lowest BCUT2D eigenvalue weighted by atomic mass is 10.4. The SMILES string of the molecule is Nc1nc2nc(CS(=O)(=O)O)c(=O)[nH]c2c(=O)[nH]1. The molecular weight excluding hydrogens is 266 g/mol. The normalized spacial score (nSPS) is 11.8. The predicted octanol–water partition coefficient (Wildman–Crippen LogP) is -2.02. The largest absolute Gasteiger partial charge is 0.369 e. The average molecular weight is 273 g/mol. The lowest BCUT2D eigenvalue weighted by Gasteiger charge is -2.00. The van der Waals surface area contributed by atoms with Gasteiger partial charge in [-0.2, -0.15) is 13.4 Å². The predicted molar refractivity (Wildman–Crippen MR) is 60.4 cm³/mol. The Morgan fingerprint density at radius 1 is 1.17 bits per heavy atom. The van der Waals surface area contributed by atoms with Crippen LogP contribution in [0.3, 0.4) is 0 Å². The summed E-state index contributed by atoms with van der Waals surface area (Å²) >= 11 is 0. The number of rotatable bonds is 2. The maximum absolute atomic E-state index is 11.4. The number of hydrogen-bond acceptors (Lipinski definition) is 7. The minimum Gasteiger partial charge on any atom is -0.369 e. The summed E-state index contributed by atoms with van der Waals surface area (Å²) in [4.78, 5) is 34.3. The summed E-state index contributed by atoms with van der Waals surface area (Å²) < 4.78 is 30.0. The van der Waals surface area contributed by atoms with Crippen molar-refractivity contribution in [2.24, 2.45) is 0 Å². The molecule has 18 heavy (non-hydrogen) atoms. The molecule has 0 unspecified atom stereocenters. The second kappa shape index (κ2) is 3.89. The molecule has 0 fully saturated rings. The number of nitrogens with zero attached hydrogens (tertiary/aromatic N) is 2. The van der Waals surface area contributed by atoms with E-state index in [0.717, 1.165) is 0 Å². The number of H-pyrrole nitrogens is 2. The third kappa shape index (κ3) is 2.36. The molecule has 0 spiro atoms. The van der Waals surface area contributed by atoms with Crippen LogP contribution in [0.5, 0.6) is 0 Å². The van der Waals surface area contributed by atoms with E-state index in [0.29, 0.717) is 0 Å². The molecule has 10 nitrogen and oxygen atoms in total. The summed E-state index contributed by atoms with van der Waals surface area (Å²) in [6, 6.07) is 0. The summed E-state index contributed by atoms with van der Waals surface area (Å²) in [5, 5.41) is 0. The molecule has 0 aromatic carbocycles. The Bertz CT molecular complexity index is 835. The highest BCUT2D eigenvalue weighted by Gasteiger charge is 2.15. The third-order valence-electron chi connectivity index (χ3n) is 1.98. The second-order valence-electron chi connectivity index (χ2n) is 3.39. The van der Waals surface area contributed by atoms with E-state index in [2.05, 4.69) is 19.9 Å². The Labute approximate surface area is 98.6 Å². The van der Waals surface area contributed by atoms with E-state index in [9.17, 15) is 18.0 Å². The number of anilines is 1. The standard InChI is InChI=1S/C7H7N5O5S/c8-7-11-4-3(6(14)12-7)10-5(13)2(9-4)1-18(15,16)17/h1H2,(H,10,13)(H,15,16,17)(H3,8,9,11,12,14). The molecule has 2 rings (SSSR count). The number of nitrogen functional groups attached to an aromatic ring is 1. The fourth-order valence-electron chi connectivity index (χ4n) is 1.31. The van der Waals surface area contributed by atoms with Crippen molar-refractivity contribution in [2.75, 3.05) is 5.73 Å². The highest BCUT2D eigenvalue weighted by atomic mass is 32.2. The van der Waals surface area contributed by atoms with Gasteiger partial charge in [-0.25, -0.2) is 4.98 Å². The summed E-state index contributed by atoms with van der Waals surface area (Å²) in [6.07, 6.45) is 0. The van der Waals surface area contributed by atoms with Crippen molar-refractivity contribution in [3.05, 3.63) is 26.4 Å². The van der Waals surface area contributed by atoms with Crippen LogP contribution in [0.15, 0.2) is 9.59 Å². The summed E-state index contributed by atoms with van der Waals surface area (Å²) in [7, 11) is -4.42. The zero-order valence-corrected chi connectivity index (χ0v) is 9.48. The lowest BCUT2D eigenvalue weighted by molar-refractivity contribution is 0.481. The molecule has 11 heteroatoms. The van der Waals surface area contributed by atoms with Gasteiger partial charge >= 0.3 is 0 Å². The Morgan fingerprint density at radius 3 is 2.44 bits per heavy atom. The minimum atomic E-state index is -4.42. The summed E-state index contributed by atoms with van der Waals surface area (Å²) in [5.74, 6) is -1.21. The number of fused-ring (bicyclic) bond motifs is 1. The van der Waals surface area contributed by atoms with Crippen LogP contribution in [0.25, 0.3) is 11.2 Å². The second-order valence-corrected chi connectivity index (χ2v) is 4.84. The Hall–Kier alpha value is -2.27. The fraction of sp³-hybridized carbons (Fsp3) is 0.143. The van der Waals surface area contributed by atoms with Gasteiger partial charge in [0, 0.05) is 0 Å². The molecule has 0 atom stereocenters. The van der Waals surface area contributed by atoms with Gasteiger partial charge in [-0.1, -0.05) is 0 Å². The molecule has 2 heterocycles. The van der Waals surface area contributed by atoms with Crippen LogP contribution in [0.4, 0.5) is 5.95 Å². The maximum atomic E-state index is 11.4. The molecule has 2 aromatic heterocycles. The van der Waals surface area contributed by atoms with Crippen molar-refractivity contribution < 1.29 is 13.0 Å². The molecule has 5 N–H and O–H groups in total. The van der Waals surface area contributed by atoms with E-state index in [1.54, 1.807) is 0 Å². The highest BCUT2D eigenvalue weighted by Crippen LogP contribution is 2.02. The van der Waals surface area contributed by atoms with Crippen LogP contribution in [-0.4, -0.2) is 32.9 Å². The minimum absolute atomic E-state index is 0.213. The van der Waals surface area contributed by atoms with E-state index < -0.39 is 32.7 Å². The van der Waals surface area contributed by atoms with Gasteiger partial charge in [0.1, 0.15) is 11.4 Å². The van der Waals surface area contributed by atoms with Gasteiger partial charge in [-0.05, 0) is 0 Å². The number of nitrogens with one attached hydrogen (secondary N) is 2. The zero-order chi connectivity index (χ0) is 13.5. The topological polar surface area (TPSA) is 172 Å². The first-order valence-corrected chi connectivity index (χ1v) is 6.11. The van der Waals surface area contributed by atoms with Gasteiger partial charge < -0.3 is 10.7 Å². The van der Waals surface area contributed by atoms with Gasteiger partial charge in [0.15, 0.2) is 11.2 Å². The molecule has 0 aliphatic rings. The van der Waals surface area contributed by atoms with Gasteiger partial charge in [0.2, 0.25) is 5.95 Å². The molecule has 0 bridgehead atoms. The van der Waals surface area contributed by atoms with Crippen LogP contribution in [-0.2, 0) is 15.9 Å². The van der Waals surface area contributed by atoms with Crippen molar-refractivity contribution in [2.45, 2.75) is 5.75 Å². The van der Waals surface area contributed by atoms with Crippen molar-refractivity contribution in [3.63, 3.8) is 0 Å². The molecule has 0 radical (unpaired) electrons. The van der Waals surface area contributed by atoms with Gasteiger partial charge in [-0.15, -0.1) is 0 Å². The number of nitrogens with two attached hydrogens (primary N) is 1. The molecule has 2 aromatic rings. The molecule has 0 aliphatic heterocycles. The van der Waals surface area contributed by atoms with Crippen LogP contribution in [0, 0.1) is 0 Å². The summed E-state index contributed by atoms with van der Waals surface area (Å²) in [5.41, 5.74) is 2.73. The first kappa shape index (κ1) is 12.2. The molecule has 0 aliphatic carbocycles. The number of aromatic nitrogens is 4. The van der Waals surface area contributed by atoms with Crippen molar-refractivity contribution in [1.82, 2.24) is 19.9 Å². The van der Waals surface area contributed by atoms with E-state index in [1.165, 1.54) is 0 Å². The molecule has 0 saturated heterocycles. The fourth-order valence-corrected chi connectivity index (χ4v) is 1.85.